The molecule has 0 aliphatic carbocycles. The summed E-state index contributed by atoms with van der Waals surface area (Å²) >= 11 is 0. The second-order valence-electron chi connectivity index (χ2n) is 5.36. The lowest BCUT2D eigenvalue weighted by atomic mass is 9.94. The number of ether oxygens (including phenoxy) is 1. The van der Waals surface area contributed by atoms with Crippen LogP contribution in [0.25, 0.3) is 0 Å². The molecular formula is C13H17FN2O3. The zero-order chi connectivity index (χ0) is 14.0. The molecule has 19 heavy (non-hydrogen) atoms. The lowest BCUT2D eigenvalue weighted by Gasteiger charge is -2.36. The fourth-order valence-electron chi connectivity index (χ4n) is 2.31. The molecule has 1 N–H and O–H groups in total. The molecule has 0 spiro atoms. The van der Waals surface area contributed by atoms with Crippen LogP contribution >= 0.6 is 0 Å². The van der Waals surface area contributed by atoms with Crippen LogP contribution < -0.4 is 5.32 Å². The van der Waals surface area contributed by atoms with Gasteiger partial charge in [0, 0.05) is 18.7 Å². The number of nitrogens with one attached hydrogen (secondary N) is 1. The third-order valence-electron chi connectivity index (χ3n) is 3.22. The van der Waals surface area contributed by atoms with Crippen molar-refractivity contribution in [3.63, 3.8) is 0 Å². The van der Waals surface area contributed by atoms with Crippen LogP contribution in [0.15, 0.2) is 18.2 Å². The number of anilines is 1. The van der Waals surface area contributed by atoms with Gasteiger partial charge in [0.1, 0.15) is 0 Å². The average Bonchev–Trinajstić information content (AvgIpc) is 2.30. The summed E-state index contributed by atoms with van der Waals surface area (Å²) in [5, 5.41) is 13.6. The maximum Gasteiger partial charge on any atom is 0.272 e. The Hall–Kier alpha value is -1.69. The number of rotatable bonds is 3. The topological polar surface area (TPSA) is 64.4 Å². The second-order valence-corrected chi connectivity index (χ2v) is 5.36. The van der Waals surface area contributed by atoms with Gasteiger partial charge in [-0.15, -0.1) is 0 Å². The highest BCUT2D eigenvalue weighted by molar-refractivity contribution is 5.50. The van der Waals surface area contributed by atoms with E-state index in [1.54, 1.807) is 0 Å². The van der Waals surface area contributed by atoms with Crippen LogP contribution in [0.4, 0.5) is 15.8 Å². The molecule has 0 aromatic heterocycles. The first-order valence-electron chi connectivity index (χ1n) is 6.22. The number of benzene rings is 1. The Bertz CT molecular complexity index is 491. The molecule has 1 aliphatic heterocycles. The molecule has 1 aliphatic rings. The number of non-ortho nitro benzene ring substituents is 1. The number of nitro groups is 1. The van der Waals surface area contributed by atoms with Crippen molar-refractivity contribution >= 4 is 11.4 Å². The van der Waals surface area contributed by atoms with E-state index in [-0.39, 0.29) is 17.3 Å². The van der Waals surface area contributed by atoms with Gasteiger partial charge in [0.05, 0.1) is 22.3 Å². The Morgan fingerprint density at radius 2 is 2.26 bits per heavy atom. The molecule has 1 aromatic carbocycles. The largest absolute Gasteiger partial charge is 0.380 e. The SMILES string of the molecule is CC1(C)CC(Nc2ccc([N+](=O)[O-])cc2F)CCO1. The summed E-state index contributed by atoms with van der Waals surface area (Å²) in [4.78, 5) is 9.93. The molecule has 0 amide bonds. The Balaban J connectivity index is 2.09. The Morgan fingerprint density at radius 3 is 2.84 bits per heavy atom. The lowest BCUT2D eigenvalue weighted by molar-refractivity contribution is -0.385. The summed E-state index contributed by atoms with van der Waals surface area (Å²) in [6.07, 6.45) is 1.56. The van der Waals surface area contributed by atoms with Crippen molar-refractivity contribution < 1.29 is 14.1 Å². The van der Waals surface area contributed by atoms with Gasteiger partial charge in [0.15, 0.2) is 5.82 Å². The van der Waals surface area contributed by atoms with Crippen molar-refractivity contribution in [1.29, 1.82) is 0 Å². The zero-order valence-corrected chi connectivity index (χ0v) is 11.0. The van der Waals surface area contributed by atoms with E-state index in [1.807, 2.05) is 13.8 Å². The van der Waals surface area contributed by atoms with Gasteiger partial charge < -0.3 is 10.1 Å². The third-order valence-corrected chi connectivity index (χ3v) is 3.22. The van der Waals surface area contributed by atoms with Crippen LogP contribution in [-0.4, -0.2) is 23.2 Å². The summed E-state index contributed by atoms with van der Waals surface area (Å²) < 4.78 is 19.4. The Kier molecular flexibility index (Phi) is 3.71. The van der Waals surface area contributed by atoms with Gasteiger partial charge in [-0.05, 0) is 32.8 Å². The molecule has 0 saturated carbocycles. The highest BCUT2D eigenvalue weighted by Crippen LogP contribution is 2.28. The van der Waals surface area contributed by atoms with Crippen LogP contribution in [-0.2, 0) is 4.74 Å². The van der Waals surface area contributed by atoms with Gasteiger partial charge in [-0.3, -0.25) is 10.1 Å². The van der Waals surface area contributed by atoms with E-state index in [1.165, 1.54) is 12.1 Å². The highest BCUT2D eigenvalue weighted by Gasteiger charge is 2.29. The normalized spacial score (nSPS) is 21.9. The molecule has 1 saturated heterocycles. The fourth-order valence-corrected chi connectivity index (χ4v) is 2.31. The van der Waals surface area contributed by atoms with Crippen molar-refractivity contribution in [2.24, 2.45) is 0 Å². The number of nitrogens with zero attached hydrogens (tertiary/aromatic N) is 1. The third kappa shape index (κ3) is 3.41. The van der Waals surface area contributed by atoms with Gasteiger partial charge in [-0.1, -0.05) is 0 Å². The standard InChI is InChI=1S/C13H17FN2O3/c1-13(2)8-9(5-6-19-13)15-12-4-3-10(16(17)18)7-11(12)14/h3-4,7,9,15H,5-6,8H2,1-2H3. The smallest absolute Gasteiger partial charge is 0.272 e. The van der Waals surface area contributed by atoms with Crippen molar-refractivity contribution in [1.82, 2.24) is 0 Å². The van der Waals surface area contributed by atoms with Crippen LogP contribution in [0.3, 0.4) is 0 Å². The molecule has 1 atom stereocenters. The molecule has 2 rings (SSSR count). The number of hydrogen-bond donors (Lipinski definition) is 1. The summed E-state index contributed by atoms with van der Waals surface area (Å²) in [6, 6.07) is 3.76. The predicted octanol–water partition coefficient (Wildman–Crippen LogP) is 3.10. The molecule has 5 nitrogen and oxygen atoms in total. The van der Waals surface area contributed by atoms with E-state index in [0.29, 0.717) is 12.3 Å². The minimum atomic E-state index is -0.607. The zero-order valence-electron chi connectivity index (χ0n) is 11.0. The molecule has 1 aromatic rings. The van der Waals surface area contributed by atoms with Gasteiger partial charge in [0.2, 0.25) is 0 Å². The van der Waals surface area contributed by atoms with Crippen molar-refractivity contribution in [2.45, 2.75) is 38.3 Å². The summed E-state index contributed by atoms with van der Waals surface area (Å²) in [5.74, 6) is -0.599. The van der Waals surface area contributed by atoms with E-state index < -0.39 is 10.7 Å². The second kappa shape index (κ2) is 5.13. The minimum Gasteiger partial charge on any atom is -0.380 e. The van der Waals surface area contributed by atoms with Crippen LogP contribution in [0.5, 0.6) is 0 Å². The number of halogens is 1. The molecule has 0 radical (unpaired) electrons. The molecule has 1 unspecified atom stereocenters. The maximum atomic E-state index is 13.8. The molecule has 6 heteroatoms. The lowest BCUT2D eigenvalue weighted by Crippen LogP contribution is -2.40. The quantitative estimate of drug-likeness (QED) is 0.675. The average molecular weight is 268 g/mol. The molecular weight excluding hydrogens is 251 g/mol. The predicted molar refractivity (Wildman–Crippen MR) is 69.7 cm³/mol. The Morgan fingerprint density at radius 1 is 1.53 bits per heavy atom. The van der Waals surface area contributed by atoms with Crippen molar-refractivity contribution in [3.8, 4) is 0 Å². The molecule has 1 heterocycles. The number of nitro benzene ring substituents is 1. The van der Waals surface area contributed by atoms with Crippen LogP contribution in [0.1, 0.15) is 26.7 Å². The van der Waals surface area contributed by atoms with Gasteiger partial charge in [0.25, 0.3) is 5.69 Å². The van der Waals surface area contributed by atoms with E-state index in [9.17, 15) is 14.5 Å². The summed E-state index contributed by atoms with van der Waals surface area (Å²) in [6.45, 7) is 4.61. The van der Waals surface area contributed by atoms with Gasteiger partial charge >= 0.3 is 0 Å². The molecule has 1 fully saturated rings. The number of hydrogen-bond acceptors (Lipinski definition) is 4. The minimum absolute atomic E-state index is 0.111. The summed E-state index contributed by atoms with van der Waals surface area (Å²) in [7, 11) is 0. The first-order chi connectivity index (χ1) is 8.87. The molecule has 104 valence electrons. The van der Waals surface area contributed by atoms with E-state index in [0.717, 1.165) is 18.9 Å². The summed E-state index contributed by atoms with van der Waals surface area (Å²) in [5.41, 5.74) is -0.170. The van der Waals surface area contributed by atoms with E-state index in [4.69, 9.17) is 4.74 Å². The monoisotopic (exact) mass is 268 g/mol. The van der Waals surface area contributed by atoms with Gasteiger partial charge in [-0.2, -0.15) is 0 Å². The maximum absolute atomic E-state index is 13.8. The van der Waals surface area contributed by atoms with Crippen LogP contribution in [0, 0.1) is 15.9 Å². The van der Waals surface area contributed by atoms with Crippen molar-refractivity contribution in [3.05, 3.63) is 34.1 Å². The fraction of sp³-hybridized carbons (Fsp3) is 0.538. The first kappa shape index (κ1) is 13.7. The molecule has 0 bridgehead atoms. The Labute approximate surface area is 110 Å². The van der Waals surface area contributed by atoms with Crippen molar-refractivity contribution in [2.75, 3.05) is 11.9 Å². The van der Waals surface area contributed by atoms with E-state index in [2.05, 4.69) is 5.32 Å². The highest BCUT2D eigenvalue weighted by atomic mass is 19.1. The van der Waals surface area contributed by atoms with Gasteiger partial charge in [-0.25, -0.2) is 4.39 Å². The first-order valence-corrected chi connectivity index (χ1v) is 6.22. The van der Waals surface area contributed by atoms with E-state index >= 15 is 0 Å². The van der Waals surface area contributed by atoms with Crippen LogP contribution in [0.2, 0.25) is 0 Å².